The summed E-state index contributed by atoms with van der Waals surface area (Å²) in [4.78, 5) is 26.1. The maximum atomic E-state index is 14.2. The summed E-state index contributed by atoms with van der Waals surface area (Å²) in [6.45, 7) is 2.78. The first-order valence-electron chi connectivity index (χ1n) is 12.5. The summed E-state index contributed by atoms with van der Waals surface area (Å²) in [6, 6.07) is 13.2. The van der Waals surface area contributed by atoms with E-state index in [4.69, 9.17) is 5.73 Å². The summed E-state index contributed by atoms with van der Waals surface area (Å²) < 4.78 is 29.9. The summed E-state index contributed by atoms with van der Waals surface area (Å²) >= 11 is 0. The van der Waals surface area contributed by atoms with Crippen LogP contribution in [0.5, 0.6) is 0 Å². The Bertz CT molecular complexity index is 1900. The normalized spacial score (nSPS) is 16.1. The SMILES string of the molecule is Cc1nc2ccc(-n3ncc(C(=O)c4cc5cc(CN6CC=C7C6=CC=CC7(F)F)ccc5[nH]4)c3N)cc2[nH]1. The third-order valence-corrected chi connectivity index (χ3v) is 7.23. The first kappa shape index (κ1) is 23.2. The molecule has 4 N–H and O–H groups in total. The van der Waals surface area contributed by atoms with Crippen LogP contribution in [-0.4, -0.2) is 47.9 Å². The zero-order valence-electron chi connectivity index (χ0n) is 20.9. The largest absolute Gasteiger partial charge is 0.383 e. The number of aromatic amines is 2. The zero-order valence-corrected chi connectivity index (χ0v) is 20.9. The van der Waals surface area contributed by atoms with Crippen molar-refractivity contribution >= 4 is 33.5 Å². The number of carbonyl (C=O) groups excluding carboxylic acids is 1. The van der Waals surface area contributed by atoms with Gasteiger partial charge in [-0.1, -0.05) is 18.2 Å². The maximum absolute atomic E-state index is 14.2. The Labute approximate surface area is 221 Å². The topological polar surface area (TPSA) is 109 Å². The van der Waals surface area contributed by atoms with Gasteiger partial charge < -0.3 is 20.6 Å². The fourth-order valence-corrected chi connectivity index (χ4v) is 5.34. The van der Waals surface area contributed by atoms with Crippen molar-refractivity contribution in [2.24, 2.45) is 0 Å². The number of carbonyl (C=O) groups is 1. The van der Waals surface area contributed by atoms with Crippen molar-refractivity contribution in [3.63, 3.8) is 0 Å². The number of nitrogen functional groups attached to an aromatic ring is 1. The van der Waals surface area contributed by atoms with Crippen molar-refractivity contribution in [1.29, 1.82) is 0 Å². The smallest absolute Gasteiger partial charge is 0.293 e. The van der Waals surface area contributed by atoms with Crippen molar-refractivity contribution in [2.75, 3.05) is 12.3 Å². The molecule has 0 bridgehead atoms. The van der Waals surface area contributed by atoms with Crippen LogP contribution in [0, 0.1) is 6.92 Å². The fourth-order valence-electron chi connectivity index (χ4n) is 5.34. The highest BCUT2D eigenvalue weighted by Crippen LogP contribution is 2.39. The van der Waals surface area contributed by atoms with Crippen LogP contribution in [0.2, 0.25) is 0 Å². The second kappa shape index (κ2) is 8.26. The van der Waals surface area contributed by atoms with Gasteiger partial charge in [0.15, 0.2) is 0 Å². The van der Waals surface area contributed by atoms with E-state index in [0.29, 0.717) is 30.2 Å². The minimum atomic E-state index is -2.95. The number of halogens is 2. The second-order valence-corrected chi connectivity index (χ2v) is 9.85. The number of aromatic nitrogens is 5. The van der Waals surface area contributed by atoms with E-state index in [1.54, 1.807) is 18.2 Å². The molecule has 0 spiro atoms. The summed E-state index contributed by atoms with van der Waals surface area (Å²) in [5.41, 5.74) is 11.8. The number of nitrogens with two attached hydrogens (primary N) is 1. The molecule has 3 aromatic heterocycles. The van der Waals surface area contributed by atoms with Gasteiger partial charge in [-0.2, -0.15) is 13.9 Å². The average Bonchev–Trinajstić information content (AvgIpc) is 3.68. The molecule has 0 saturated heterocycles. The number of benzene rings is 2. The van der Waals surface area contributed by atoms with Gasteiger partial charge in [-0.05, 0) is 61.0 Å². The van der Waals surface area contributed by atoms with Gasteiger partial charge in [0.05, 0.1) is 34.2 Å². The third kappa shape index (κ3) is 3.75. The summed E-state index contributed by atoms with van der Waals surface area (Å²) in [5.74, 6) is -2.18. The first-order valence-corrected chi connectivity index (χ1v) is 12.5. The number of aryl methyl sites for hydroxylation is 1. The Morgan fingerprint density at radius 2 is 2.00 bits per heavy atom. The number of allylic oxidation sites excluding steroid dienone is 4. The molecule has 0 unspecified atom stereocenters. The molecule has 1 aliphatic heterocycles. The molecule has 0 fully saturated rings. The number of nitrogens with one attached hydrogen (secondary N) is 2. The fraction of sp³-hybridized carbons (Fsp3) is 0.138. The minimum absolute atomic E-state index is 0.0540. The van der Waals surface area contributed by atoms with Crippen LogP contribution in [0.3, 0.4) is 0 Å². The van der Waals surface area contributed by atoms with Crippen molar-refractivity contribution in [3.8, 4) is 5.69 Å². The molecule has 0 amide bonds. The number of H-pyrrole nitrogens is 2. The van der Waals surface area contributed by atoms with Gasteiger partial charge in [0, 0.05) is 35.3 Å². The molecular weight excluding hydrogens is 500 g/mol. The third-order valence-electron chi connectivity index (χ3n) is 7.23. The lowest BCUT2D eigenvalue weighted by atomic mass is 10.0. The first-order chi connectivity index (χ1) is 18.8. The average molecular weight is 524 g/mol. The van der Waals surface area contributed by atoms with Gasteiger partial charge in [0.25, 0.3) is 5.92 Å². The van der Waals surface area contributed by atoms with E-state index >= 15 is 0 Å². The van der Waals surface area contributed by atoms with E-state index in [9.17, 15) is 13.6 Å². The molecule has 1 aliphatic carbocycles. The molecule has 4 heterocycles. The lowest BCUT2D eigenvalue weighted by Crippen LogP contribution is -2.25. The van der Waals surface area contributed by atoms with Crippen LogP contribution in [0.1, 0.15) is 27.4 Å². The van der Waals surface area contributed by atoms with Gasteiger partial charge in [-0.3, -0.25) is 4.79 Å². The van der Waals surface area contributed by atoms with E-state index < -0.39 is 5.92 Å². The monoisotopic (exact) mass is 523 g/mol. The number of anilines is 1. The van der Waals surface area contributed by atoms with E-state index in [1.807, 2.05) is 48.2 Å². The molecule has 5 aromatic rings. The number of hydrogen-bond donors (Lipinski definition) is 3. The van der Waals surface area contributed by atoms with E-state index in [2.05, 4.69) is 20.1 Å². The number of imidazole rings is 1. The predicted octanol–water partition coefficient (Wildman–Crippen LogP) is 5.18. The molecule has 7 rings (SSSR count). The van der Waals surface area contributed by atoms with Crippen LogP contribution >= 0.6 is 0 Å². The van der Waals surface area contributed by atoms with Crippen LogP contribution in [0.4, 0.5) is 14.6 Å². The van der Waals surface area contributed by atoms with Crippen molar-refractivity contribution < 1.29 is 13.6 Å². The van der Waals surface area contributed by atoms with Crippen molar-refractivity contribution in [3.05, 3.63) is 107 Å². The Morgan fingerprint density at radius 3 is 2.87 bits per heavy atom. The van der Waals surface area contributed by atoms with Gasteiger partial charge >= 0.3 is 0 Å². The molecule has 8 nitrogen and oxygen atoms in total. The lowest BCUT2D eigenvalue weighted by molar-refractivity contribution is 0.0963. The van der Waals surface area contributed by atoms with Crippen LogP contribution in [0.25, 0.3) is 27.6 Å². The highest BCUT2D eigenvalue weighted by molar-refractivity contribution is 6.12. The van der Waals surface area contributed by atoms with Crippen LogP contribution in [0.15, 0.2) is 84.2 Å². The molecule has 39 heavy (non-hydrogen) atoms. The van der Waals surface area contributed by atoms with Crippen molar-refractivity contribution in [2.45, 2.75) is 19.4 Å². The van der Waals surface area contributed by atoms with E-state index in [0.717, 1.165) is 39.4 Å². The van der Waals surface area contributed by atoms with Gasteiger partial charge in [0.2, 0.25) is 5.78 Å². The standard InChI is InChI=1S/C29H23F2N7O/c1-16-34-23-7-5-19(13-24(23)35-16)38-28(32)20(14-33-38)27(39)25-12-18-11-17(4-6-22(18)36-25)15-37-10-8-21-26(37)3-2-9-29(21,30)31/h2-9,11-14,36H,10,15,32H2,1H3,(H,34,35). The summed E-state index contributed by atoms with van der Waals surface area (Å²) in [5, 5.41) is 5.21. The summed E-state index contributed by atoms with van der Waals surface area (Å²) in [6.07, 6.45) is 7.10. The van der Waals surface area contributed by atoms with Gasteiger partial charge in [-0.15, -0.1) is 0 Å². The second-order valence-electron chi connectivity index (χ2n) is 9.85. The Morgan fingerprint density at radius 1 is 1.13 bits per heavy atom. The van der Waals surface area contributed by atoms with Crippen LogP contribution < -0.4 is 5.73 Å². The predicted molar refractivity (Wildman–Crippen MR) is 145 cm³/mol. The van der Waals surface area contributed by atoms with E-state index in [1.165, 1.54) is 17.0 Å². The number of rotatable bonds is 5. The van der Waals surface area contributed by atoms with Gasteiger partial charge in [-0.25, -0.2) is 9.67 Å². The summed E-state index contributed by atoms with van der Waals surface area (Å²) in [7, 11) is 0. The lowest BCUT2D eigenvalue weighted by Gasteiger charge is -2.26. The molecule has 10 heteroatoms. The molecule has 2 aliphatic rings. The number of fused-ring (bicyclic) bond motifs is 3. The Kier molecular flexibility index (Phi) is 4.90. The molecular formula is C29H23F2N7O. The maximum Gasteiger partial charge on any atom is 0.293 e. The molecule has 0 radical (unpaired) electrons. The number of nitrogens with zero attached hydrogens (tertiary/aromatic N) is 4. The number of ketones is 1. The highest BCUT2D eigenvalue weighted by atomic mass is 19.3. The number of alkyl halides is 2. The molecule has 0 saturated carbocycles. The zero-order chi connectivity index (χ0) is 26.9. The van der Waals surface area contributed by atoms with Crippen molar-refractivity contribution in [1.82, 2.24) is 29.6 Å². The Hall–Kier alpha value is -4.99. The molecule has 2 aromatic carbocycles. The Balaban J connectivity index is 1.14. The number of hydrogen-bond acceptors (Lipinski definition) is 5. The van der Waals surface area contributed by atoms with Gasteiger partial charge in [0.1, 0.15) is 11.6 Å². The highest BCUT2D eigenvalue weighted by Gasteiger charge is 2.39. The molecule has 194 valence electrons. The minimum Gasteiger partial charge on any atom is -0.383 e. The van der Waals surface area contributed by atoms with Crippen LogP contribution in [-0.2, 0) is 6.54 Å². The quantitative estimate of drug-likeness (QED) is 0.275. The van der Waals surface area contributed by atoms with E-state index in [-0.39, 0.29) is 22.7 Å². The molecule has 0 atom stereocenters.